The molecule has 0 N–H and O–H groups in total. The molecular formula is C19H12Br2O5. The molecule has 1 aromatic heterocycles. The number of Topliss-reactive ketones (excluding diaryl/α,β-unsaturated/α-hetero) is 1. The maximum atomic E-state index is 12.2. The Kier molecular flexibility index (Phi) is 5.38. The maximum Gasteiger partial charge on any atom is 0.351 e. The molecule has 2 aromatic carbocycles. The van der Waals surface area contributed by atoms with Crippen molar-refractivity contribution in [2.75, 3.05) is 6.61 Å². The standard InChI is InChI=1S/C19H12Br2O5/c1-10-2-4-11(5-3-10)16(22)9-25-18(23)14-7-12-6-13(20)8-15(21)17(12)26-19(14)24/h2-8H,9H2,1H3. The third-order valence-electron chi connectivity index (χ3n) is 3.68. The molecule has 3 rings (SSSR count). The summed E-state index contributed by atoms with van der Waals surface area (Å²) in [4.78, 5) is 36.4. The molecule has 3 aromatic rings. The molecule has 0 bridgehead atoms. The first kappa shape index (κ1) is 18.5. The van der Waals surface area contributed by atoms with Crippen LogP contribution in [0.1, 0.15) is 26.3 Å². The maximum absolute atomic E-state index is 12.2. The monoisotopic (exact) mass is 478 g/mol. The third-order valence-corrected chi connectivity index (χ3v) is 4.73. The van der Waals surface area contributed by atoms with Gasteiger partial charge < -0.3 is 9.15 Å². The molecule has 1 heterocycles. The van der Waals surface area contributed by atoms with Crippen LogP contribution in [0, 0.1) is 6.92 Å². The molecule has 0 aliphatic carbocycles. The van der Waals surface area contributed by atoms with Gasteiger partial charge in [-0.25, -0.2) is 9.59 Å². The van der Waals surface area contributed by atoms with Crippen LogP contribution in [-0.2, 0) is 4.74 Å². The van der Waals surface area contributed by atoms with Crippen LogP contribution in [0.4, 0.5) is 0 Å². The van der Waals surface area contributed by atoms with Gasteiger partial charge >= 0.3 is 11.6 Å². The van der Waals surface area contributed by atoms with Gasteiger partial charge in [-0.05, 0) is 41.1 Å². The van der Waals surface area contributed by atoms with Crippen molar-refractivity contribution in [3.05, 3.63) is 78.5 Å². The Hall–Kier alpha value is -2.25. The zero-order valence-electron chi connectivity index (χ0n) is 13.5. The number of fused-ring (bicyclic) bond motifs is 1. The van der Waals surface area contributed by atoms with Crippen LogP contribution in [0.2, 0.25) is 0 Å². The van der Waals surface area contributed by atoms with E-state index in [1.54, 1.807) is 36.4 Å². The topological polar surface area (TPSA) is 73.6 Å². The van der Waals surface area contributed by atoms with Crippen molar-refractivity contribution in [1.82, 2.24) is 0 Å². The second-order valence-corrected chi connectivity index (χ2v) is 7.39. The largest absolute Gasteiger partial charge is 0.453 e. The first-order valence-corrected chi connectivity index (χ1v) is 9.13. The van der Waals surface area contributed by atoms with E-state index in [4.69, 9.17) is 9.15 Å². The normalized spacial score (nSPS) is 10.7. The summed E-state index contributed by atoms with van der Waals surface area (Å²) >= 11 is 6.63. The summed E-state index contributed by atoms with van der Waals surface area (Å²) in [5.74, 6) is -1.26. The van der Waals surface area contributed by atoms with Crippen LogP contribution in [0.3, 0.4) is 0 Å². The number of ketones is 1. The van der Waals surface area contributed by atoms with E-state index in [9.17, 15) is 14.4 Å². The number of rotatable bonds is 4. The zero-order chi connectivity index (χ0) is 18.8. The molecule has 0 saturated carbocycles. The van der Waals surface area contributed by atoms with Gasteiger partial charge in [-0.15, -0.1) is 0 Å². The molecule has 7 heteroatoms. The van der Waals surface area contributed by atoms with Crippen LogP contribution in [0.5, 0.6) is 0 Å². The first-order chi connectivity index (χ1) is 12.3. The van der Waals surface area contributed by atoms with E-state index in [1.165, 1.54) is 6.07 Å². The molecular weight excluding hydrogens is 468 g/mol. The van der Waals surface area contributed by atoms with E-state index in [0.717, 1.165) is 10.0 Å². The van der Waals surface area contributed by atoms with Gasteiger partial charge in [-0.1, -0.05) is 45.8 Å². The molecule has 0 aliphatic heterocycles. The van der Waals surface area contributed by atoms with Gasteiger partial charge in [0, 0.05) is 15.4 Å². The first-order valence-electron chi connectivity index (χ1n) is 7.55. The summed E-state index contributed by atoms with van der Waals surface area (Å²) in [6, 6.07) is 11.7. The average molecular weight is 480 g/mol. The number of esters is 1. The predicted octanol–water partition coefficient (Wildman–Crippen LogP) is 4.67. The molecule has 0 radical (unpaired) electrons. The molecule has 0 spiro atoms. The molecule has 0 amide bonds. The number of halogens is 2. The fraction of sp³-hybridized carbons (Fsp3) is 0.105. The number of carbonyl (C=O) groups is 2. The third kappa shape index (κ3) is 3.94. The highest BCUT2D eigenvalue weighted by atomic mass is 79.9. The SMILES string of the molecule is Cc1ccc(C(=O)COC(=O)c2cc3cc(Br)cc(Br)c3oc2=O)cc1. The minimum atomic E-state index is -0.905. The predicted molar refractivity (Wildman–Crippen MR) is 104 cm³/mol. The van der Waals surface area contributed by atoms with Gasteiger partial charge in [0.05, 0.1) is 4.47 Å². The van der Waals surface area contributed by atoms with Crippen LogP contribution in [-0.4, -0.2) is 18.4 Å². The summed E-state index contributed by atoms with van der Waals surface area (Å²) in [6.45, 7) is 1.45. The Labute approximate surface area is 165 Å². The number of aryl methyl sites for hydroxylation is 1. The van der Waals surface area contributed by atoms with E-state index >= 15 is 0 Å². The summed E-state index contributed by atoms with van der Waals surface area (Å²) in [7, 11) is 0. The Morgan fingerprint density at radius 2 is 1.77 bits per heavy atom. The summed E-state index contributed by atoms with van der Waals surface area (Å²) in [5, 5.41) is 0.544. The van der Waals surface area contributed by atoms with E-state index in [-0.39, 0.29) is 11.3 Å². The van der Waals surface area contributed by atoms with Gasteiger partial charge in [0.15, 0.2) is 18.0 Å². The van der Waals surface area contributed by atoms with Gasteiger partial charge in [-0.3, -0.25) is 4.79 Å². The minimum Gasteiger partial charge on any atom is -0.453 e. The summed E-state index contributed by atoms with van der Waals surface area (Å²) in [6.07, 6.45) is 0. The van der Waals surface area contributed by atoms with Crippen molar-refractivity contribution in [2.45, 2.75) is 6.92 Å². The van der Waals surface area contributed by atoms with Crippen molar-refractivity contribution in [3.63, 3.8) is 0 Å². The van der Waals surface area contributed by atoms with Crippen molar-refractivity contribution in [3.8, 4) is 0 Å². The molecule has 0 aliphatic rings. The van der Waals surface area contributed by atoms with Crippen LogP contribution < -0.4 is 5.63 Å². The van der Waals surface area contributed by atoms with Gasteiger partial charge in [0.2, 0.25) is 0 Å². The van der Waals surface area contributed by atoms with Gasteiger partial charge in [-0.2, -0.15) is 0 Å². The Morgan fingerprint density at radius 1 is 1.08 bits per heavy atom. The van der Waals surface area contributed by atoms with Crippen molar-refractivity contribution in [1.29, 1.82) is 0 Å². The summed E-state index contributed by atoms with van der Waals surface area (Å²) in [5.41, 5.74) is 0.685. The molecule has 5 nitrogen and oxygen atoms in total. The highest BCUT2D eigenvalue weighted by Gasteiger charge is 2.18. The van der Waals surface area contributed by atoms with Crippen LogP contribution in [0.25, 0.3) is 11.0 Å². The Morgan fingerprint density at radius 3 is 2.46 bits per heavy atom. The highest BCUT2D eigenvalue weighted by molar-refractivity contribution is 9.11. The van der Waals surface area contributed by atoms with E-state index < -0.39 is 18.2 Å². The lowest BCUT2D eigenvalue weighted by molar-refractivity contribution is 0.0470. The lowest BCUT2D eigenvalue weighted by Crippen LogP contribution is -2.20. The average Bonchev–Trinajstić information content (AvgIpc) is 2.60. The van der Waals surface area contributed by atoms with Crippen LogP contribution >= 0.6 is 31.9 Å². The molecule has 0 unspecified atom stereocenters. The van der Waals surface area contributed by atoms with Crippen molar-refractivity contribution in [2.24, 2.45) is 0 Å². The smallest absolute Gasteiger partial charge is 0.351 e. The number of ether oxygens (including phenoxy) is 1. The molecule has 26 heavy (non-hydrogen) atoms. The lowest BCUT2D eigenvalue weighted by atomic mass is 10.1. The van der Waals surface area contributed by atoms with Gasteiger partial charge in [0.1, 0.15) is 5.56 Å². The van der Waals surface area contributed by atoms with Gasteiger partial charge in [0.25, 0.3) is 0 Å². The van der Waals surface area contributed by atoms with E-state index in [1.807, 2.05) is 6.92 Å². The molecule has 0 saturated heterocycles. The van der Waals surface area contributed by atoms with Crippen molar-refractivity contribution >= 4 is 54.6 Å². The molecule has 0 atom stereocenters. The number of benzene rings is 2. The molecule has 132 valence electrons. The second kappa shape index (κ2) is 7.55. The summed E-state index contributed by atoms with van der Waals surface area (Å²) < 4.78 is 11.5. The fourth-order valence-corrected chi connectivity index (χ4v) is 3.67. The Bertz CT molecular complexity index is 1070. The number of hydrogen-bond acceptors (Lipinski definition) is 5. The van der Waals surface area contributed by atoms with E-state index in [0.29, 0.717) is 21.0 Å². The quantitative estimate of drug-likeness (QED) is 0.309. The minimum absolute atomic E-state index is 0.265. The zero-order valence-corrected chi connectivity index (χ0v) is 16.7. The second-order valence-electron chi connectivity index (χ2n) is 5.62. The highest BCUT2D eigenvalue weighted by Crippen LogP contribution is 2.28. The van der Waals surface area contributed by atoms with Crippen LogP contribution in [0.15, 0.2) is 60.6 Å². The molecule has 0 fully saturated rings. The Balaban J connectivity index is 1.81. The fourth-order valence-electron chi connectivity index (χ4n) is 2.33. The number of hydrogen-bond donors (Lipinski definition) is 0. The number of carbonyl (C=O) groups excluding carboxylic acids is 2. The van der Waals surface area contributed by atoms with E-state index in [2.05, 4.69) is 31.9 Å². The van der Waals surface area contributed by atoms with Crippen molar-refractivity contribution < 1.29 is 18.7 Å². The lowest BCUT2D eigenvalue weighted by Gasteiger charge is -2.06.